The summed E-state index contributed by atoms with van der Waals surface area (Å²) in [5.74, 6) is 0. The van der Waals surface area contributed by atoms with Gasteiger partial charge in [0.1, 0.15) is 0 Å². The molecule has 26 heavy (non-hydrogen) atoms. The van der Waals surface area contributed by atoms with Gasteiger partial charge < -0.3 is 0 Å². The zero-order valence-corrected chi connectivity index (χ0v) is 14.9. The SMILES string of the molecule is C.CC1=CC=C(C2=Cc3c(c4c(c5ccccc35)C=CCC4)CC2)CC1. The van der Waals surface area contributed by atoms with E-state index in [0.29, 0.717) is 0 Å². The van der Waals surface area contributed by atoms with Crippen molar-refractivity contribution in [2.75, 3.05) is 0 Å². The van der Waals surface area contributed by atoms with Gasteiger partial charge in [0.2, 0.25) is 0 Å². The fourth-order valence-corrected chi connectivity index (χ4v) is 4.73. The van der Waals surface area contributed by atoms with Gasteiger partial charge in [0.25, 0.3) is 0 Å². The number of fused-ring (bicyclic) bond motifs is 6. The average Bonchev–Trinajstić information content (AvgIpc) is 2.68. The maximum atomic E-state index is 2.51. The van der Waals surface area contributed by atoms with Crippen LogP contribution in [0.3, 0.4) is 0 Å². The molecule has 2 aromatic carbocycles. The number of allylic oxidation sites excluding steroid dienone is 6. The molecular formula is C26H28. The standard InChI is InChI=1S/C25H24.CH4/c1-17-10-12-18(13-11-17)19-14-15-24-22-8-3-2-6-20(22)21-7-4-5-9-23(21)25(24)16-19;/h2,4-7,9-10,12,16H,3,8,11,13-15H2,1H3;1H4. The summed E-state index contributed by atoms with van der Waals surface area (Å²) in [5.41, 5.74) is 10.8. The van der Waals surface area contributed by atoms with E-state index in [0.717, 1.165) is 0 Å². The van der Waals surface area contributed by atoms with Gasteiger partial charge in [0, 0.05) is 0 Å². The van der Waals surface area contributed by atoms with Crippen LogP contribution < -0.4 is 0 Å². The Hall–Kier alpha value is -2.34. The van der Waals surface area contributed by atoms with Gasteiger partial charge in [0.05, 0.1) is 0 Å². The van der Waals surface area contributed by atoms with Gasteiger partial charge in [-0.15, -0.1) is 0 Å². The first-order valence-electron chi connectivity index (χ1n) is 9.61. The number of hydrogen-bond acceptors (Lipinski definition) is 0. The van der Waals surface area contributed by atoms with E-state index in [2.05, 4.69) is 61.6 Å². The lowest BCUT2D eigenvalue weighted by Crippen LogP contribution is -2.10. The van der Waals surface area contributed by atoms with Crippen LogP contribution in [0.5, 0.6) is 0 Å². The molecule has 0 nitrogen and oxygen atoms in total. The van der Waals surface area contributed by atoms with E-state index < -0.39 is 0 Å². The van der Waals surface area contributed by atoms with Gasteiger partial charge >= 0.3 is 0 Å². The second kappa shape index (κ2) is 6.76. The van der Waals surface area contributed by atoms with Crippen LogP contribution in [0, 0.1) is 0 Å². The first-order chi connectivity index (χ1) is 12.3. The molecule has 0 saturated heterocycles. The predicted octanol–water partition coefficient (Wildman–Crippen LogP) is 7.43. The van der Waals surface area contributed by atoms with Crippen LogP contribution in [0.1, 0.15) is 62.3 Å². The summed E-state index contributed by atoms with van der Waals surface area (Å²) in [6.07, 6.45) is 19.1. The Morgan fingerprint density at radius 3 is 2.23 bits per heavy atom. The Morgan fingerprint density at radius 2 is 1.46 bits per heavy atom. The molecule has 0 heteroatoms. The van der Waals surface area contributed by atoms with Crippen LogP contribution in [0.2, 0.25) is 0 Å². The Morgan fingerprint density at radius 1 is 0.731 bits per heavy atom. The highest BCUT2D eigenvalue weighted by atomic mass is 14.3. The molecule has 0 spiro atoms. The van der Waals surface area contributed by atoms with Crippen LogP contribution in [0.25, 0.3) is 22.9 Å². The van der Waals surface area contributed by atoms with Crippen LogP contribution in [-0.4, -0.2) is 0 Å². The molecule has 3 aliphatic carbocycles. The fourth-order valence-electron chi connectivity index (χ4n) is 4.73. The Labute approximate surface area is 157 Å². The molecule has 0 heterocycles. The lowest BCUT2D eigenvalue weighted by Gasteiger charge is -2.27. The highest BCUT2D eigenvalue weighted by molar-refractivity contribution is 6.00. The molecule has 0 saturated carbocycles. The predicted molar refractivity (Wildman–Crippen MR) is 115 cm³/mol. The minimum absolute atomic E-state index is 0. The smallest absolute Gasteiger partial charge is 0.0102 e. The van der Waals surface area contributed by atoms with Crippen molar-refractivity contribution < 1.29 is 0 Å². The molecule has 0 aromatic heterocycles. The summed E-state index contributed by atoms with van der Waals surface area (Å²) in [6.45, 7) is 2.24. The summed E-state index contributed by atoms with van der Waals surface area (Å²) in [6, 6.07) is 8.99. The molecular weight excluding hydrogens is 312 g/mol. The molecule has 0 atom stereocenters. The fraction of sp³-hybridized carbons (Fsp3) is 0.308. The maximum absolute atomic E-state index is 2.51. The van der Waals surface area contributed by atoms with E-state index in [4.69, 9.17) is 0 Å². The van der Waals surface area contributed by atoms with E-state index in [1.54, 1.807) is 22.3 Å². The molecule has 0 N–H and O–H groups in total. The number of hydrogen-bond donors (Lipinski definition) is 0. The Kier molecular flexibility index (Phi) is 4.44. The molecule has 0 fully saturated rings. The van der Waals surface area contributed by atoms with Crippen LogP contribution in [0.4, 0.5) is 0 Å². The third-order valence-corrected chi connectivity index (χ3v) is 6.10. The minimum Gasteiger partial charge on any atom is -0.0836 e. The molecule has 0 unspecified atom stereocenters. The largest absolute Gasteiger partial charge is 0.0836 e. The van der Waals surface area contributed by atoms with Crippen molar-refractivity contribution in [1.29, 1.82) is 0 Å². The van der Waals surface area contributed by atoms with Crippen molar-refractivity contribution in [3.8, 4) is 0 Å². The first-order valence-corrected chi connectivity index (χ1v) is 9.61. The highest BCUT2D eigenvalue weighted by Gasteiger charge is 2.22. The molecule has 0 radical (unpaired) electrons. The van der Waals surface area contributed by atoms with Crippen molar-refractivity contribution in [3.05, 3.63) is 81.5 Å². The van der Waals surface area contributed by atoms with Crippen molar-refractivity contribution in [1.82, 2.24) is 0 Å². The minimum atomic E-state index is 0. The molecule has 0 amide bonds. The third kappa shape index (κ3) is 2.69. The van der Waals surface area contributed by atoms with E-state index in [1.165, 1.54) is 66.0 Å². The summed E-state index contributed by atoms with van der Waals surface area (Å²) in [4.78, 5) is 0. The molecule has 0 bridgehead atoms. The third-order valence-electron chi connectivity index (χ3n) is 6.10. The van der Waals surface area contributed by atoms with Crippen molar-refractivity contribution in [3.63, 3.8) is 0 Å². The van der Waals surface area contributed by atoms with E-state index in [9.17, 15) is 0 Å². The number of benzene rings is 2. The highest BCUT2D eigenvalue weighted by Crippen LogP contribution is 2.41. The molecule has 2 aromatic rings. The molecule has 3 aliphatic rings. The molecule has 5 rings (SSSR count). The number of rotatable bonds is 1. The molecule has 132 valence electrons. The zero-order chi connectivity index (χ0) is 16.8. The second-order valence-electron chi connectivity index (χ2n) is 7.65. The summed E-state index contributed by atoms with van der Waals surface area (Å²) in [7, 11) is 0. The maximum Gasteiger partial charge on any atom is -0.0102 e. The average molecular weight is 341 g/mol. The van der Waals surface area contributed by atoms with Gasteiger partial charge in [0.15, 0.2) is 0 Å². The van der Waals surface area contributed by atoms with Crippen molar-refractivity contribution in [2.45, 2.75) is 52.9 Å². The van der Waals surface area contributed by atoms with Gasteiger partial charge in [-0.3, -0.25) is 0 Å². The van der Waals surface area contributed by atoms with E-state index in [-0.39, 0.29) is 7.43 Å². The normalized spacial score (nSPS) is 18.3. The van der Waals surface area contributed by atoms with Crippen LogP contribution >= 0.6 is 0 Å². The quantitative estimate of drug-likeness (QED) is 0.506. The van der Waals surface area contributed by atoms with Crippen LogP contribution in [-0.2, 0) is 12.8 Å². The van der Waals surface area contributed by atoms with Crippen molar-refractivity contribution >= 4 is 22.9 Å². The van der Waals surface area contributed by atoms with E-state index in [1.807, 2.05) is 0 Å². The Balaban J connectivity index is 0.00000168. The van der Waals surface area contributed by atoms with E-state index >= 15 is 0 Å². The van der Waals surface area contributed by atoms with Gasteiger partial charge in [-0.25, -0.2) is 0 Å². The van der Waals surface area contributed by atoms with Gasteiger partial charge in [-0.05, 0) is 89.6 Å². The van der Waals surface area contributed by atoms with Gasteiger partial charge in [-0.2, -0.15) is 0 Å². The summed E-state index contributed by atoms with van der Waals surface area (Å²) >= 11 is 0. The zero-order valence-electron chi connectivity index (χ0n) is 14.9. The molecule has 0 aliphatic heterocycles. The van der Waals surface area contributed by atoms with Gasteiger partial charge in [-0.1, -0.05) is 67.6 Å². The topological polar surface area (TPSA) is 0 Å². The second-order valence-corrected chi connectivity index (χ2v) is 7.65. The lowest BCUT2D eigenvalue weighted by molar-refractivity contribution is 0.848. The lowest BCUT2D eigenvalue weighted by atomic mass is 9.78. The Bertz CT molecular complexity index is 992. The van der Waals surface area contributed by atoms with Crippen LogP contribution in [0.15, 0.2) is 59.2 Å². The first kappa shape index (κ1) is 17.1. The monoisotopic (exact) mass is 340 g/mol. The summed E-state index contributed by atoms with van der Waals surface area (Å²) in [5, 5.41) is 2.86. The van der Waals surface area contributed by atoms with Crippen molar-refractivity contribution in [2.24, 2.45) is 0 Å². The summed E-state index contributed by atoms with van der Waals surface area (Å²) < 4.78 is 0.